The SMILES string of the molecule is O=C(NCc1ccc(S(=O)(=O)N2CCC(CCc3ccccc3)CC2)s1)c1ccc(Cl)cc1. The Kier molecular flexibility index (Phi) is 7.86. The molecule has 1 N–H and O–H groups in total. The monoisotopic (exact) mass is 502 g/mol. The van der Waals surface area contributed by atoms with Crippen molar-refractivity contribution in [3.63, 3.8) is 0 Å². The Morgan fingerprint density at radius 1 is 1.00 bits per heavy atom. The molecule has 1 aliphatic heterocycles. The molecule has 0 atom stereocenters. The summed E-state index contributed by atoms with van der Waals surface area (Å²) in [6.07, 6.45) is 3.91. The maximum Gasteiger partial charge on any atom is 0.252 e. The number of hydrogen-bond acceptors (Lipinski definition) is 4. The Balaban J connectivity index is 1.28. The standard InChI is InChI=1S/C25H27ClN2O3S2/c26-22-10-8-21(9-11-22)25(29)27-18-23-12-13-24(32-23)33(30,31)28-16-14-20(15-17-28)7-6-19-4-2-1-3-5-19/h1-5,8-13,20H,6-7,14-18H2,(H,27,29). The van der Waals surface area contributed by atoms with Gasteiger partial charge < -0.3 is 5.32 Å². The average Bonchev–Trinajstić information content (AvgIpc) is 3.33. The molecule has 0 spiro atoms. The lowest BCUT2D eigenvalue weighted by molar-refractivity contribution is 0.0951. The maximum absolute atomic E-state index is 13.1. The van der Waals surface area contributed by atoms with Crippen molar-refractivity contribution in [3.05, 3.63) is 87.8 Å². The van der Waals surface area contributed by atoms with Gasteiger partial charge in [0.25, 0.3) is 15.9 Å². The Morgan fingerprint density at radius 3 is 2.39 bits per heavy atom. The minimum absolute atomic E-state index is 0.220. The lowest BCUT2D eigenvalue weighted by Gasteiger charge is -2.30. The number of carbonyl (C=O) groups is 1. The van der Waals surface area contributed by atoms with Crippen LogP contribution in [0.3, 0.4) is 0 Å². The first-order valence-corrected chi connectivity index (χ1v) is 13.7. The number of nitrogens with one attached hydrogen (secondary N) is 1. The Hall–Kier alpha value is -2.19. The second-order valence-corrected chi connectivity index (χ2v) is 12.1. The van der Waals surface area contributed by atoms with Gasteiger partial charge in [-0.1, -0.05) is 41.9 Å². The first-order chi connectivity index (χ1) is 15.9. The molecule has 1 aliphatic rings. The number of thiophene rings is 1. The van der Waals surface area contributed by atoms with E-state index in [1.54, 1.807) is 40.7 Å². The highest BCUT2D eigenvalue weighted by molar-refractivity contribution is 7.91. The summed E-state index contributed by atoms with van der Waals surface area (Å²) in [7, 11) is -3.50. The summed E-state index contributed by atoms with van der Waals surface area (Å²) < 4.78 is 28.2. The van der Waals surface area contributed by atoms with Gasteiger partial charge in [-0.25, -0.2) is 8.42 Å². The minimum atomic E-state index is -3.50. The molecular formula is C25H27ClN2O3S2. The van der Waals surface area contributed by atoms with Gasteiger partial charge in [0, 0.05) is 28.6 Å². The summed E-state index contributed by atoms with van der Waals surface area (Å²) in [6.45, 7) is 1.40. The van der Waals surface area contributed by atoms with Crippen LogP contribution in [0.15, 0.2) is 70.9 Å². The van der Waals surface area contributed by atoms with Crippen molar-refractivity contribution in [3.8, 4) is 0 Å². The molecule has 2 heterocycles. The zero-order valence-corrected chi connectivity index (χ0v) is 20.6. The van der Waals surface area contributed by atoms with Gasteiger partial charge in [-0.2, -0.15) is 4.31 Å². The first-order valence-electron chi connectivity index (χ1n) is 11.1. The number of carbonyl (C=O) groups excluding carboxylic acids is 1. The summed E-state index contributed by atoms with van der Waals surface area (Å²) in [6, 6.07) is 20.5. The fourth-order valence-electron chi connectivity index (χ4n) is 4.04. The van der Waals surface area contributed by atoms with Crippen LogP contribution < -0.4 is 5.32 Å². The van der Waals surface area contributed by atoms with Crippen LogP contribution in [0.1, 0.15) is 40.1 Å². The molecule has 0 radical (unpaired) electrons. The van der Waals surface area contributed by atoms with Crippen molar-refractivity contribution >= 4 is 38.9 Å². The van der Waals surface area contributed by atoms with Crippen LogP contribution >= 0.6 is 22.9 Å². The number of benzene rings is 2. The fraction of sp³-hybridized carbons (Fsp3) is 0.320. The van der Waals surface area contributed by atoms with Gasteiger partial charge in [0.05, 0.1) is 6.54 Å². The van der Waals surface area contributed by atoms with E-state index in [4.69, 9.17) is 11.6 Å². The van der Waals surface area contributed by atoms with E-state index < -0.39 is 10.0 Å². The van der Waals surface area contributed by atoms with Crippen molar-refractivity contribution in [2.24, 2.45) is 5.92 Å². The van der Waals surface area contributed by atoms with Gasteiger partial charge in [0.1, 0.15) is 4.21 Å². The number of sulfonamides is 1. The van der Waals surface area contributed by atoms with E-state index in [1.807, 2.05) is 6.07 Å². The first kappa shape index (κ1) is 24.0. The van der Waals surface area contributed by atoms with Crippen molar-refractivity contribution in [1.29, 1.82) is 0 Å². The number of hydrogen-bond donors (Lipinski definition) is 1. The summed E-state index contributed by atoms with van der Waals surface area (Å²) in [5, 5.41) is 3.40. The molecule has 8 heteroatoms. The molecule has 0 unspecified atom stereocenters. The van der Waals surface area contributed by atoms with Gasteiger partial charge in [0.15, 0.2) is 0 Å². The van der Waals surface area contributed by atoms with Gasteiger partial charge in [-0.15, -0.1) is 11.3 Å². The Labute approximate surface area is 204 Å². The predicted octanol–water partition coefficient (Wildman–Crippen LogP) is 5.37. The van der Waals surface area contributed by atoms with E-state index >= 15 is 0 Å². The topological polar surface area (TPSA) is 66.5 Å². The predicted molar refractivity (Wildman–Crippen MR) is 133 cm³/mol. The number of rotatable bonds is 8. The molecule has 1 fully saturated rings. The van der Waals surface area contributed by atoms with E-state index in [1.165, 1.54) is 16.9 Å². The van der Waals surface area contributed by atoms with E-state index in [9.17, 15) is 13.2 Å². The van der Waals surface area contributed by atoms with Crippen molar-refractivity contribution in [1.82, 2.24) is 9.62 Å². The highest BCUT2D eigenvalue weighted by atomic mass is 35.5. The van der Waals surface area contributed by atoms with E-state index in [0.717, 1.165) is 30.6 Å². The quantitative estimate of drug-likeness (QED) is 0.450. The maximum atomic E-state index is 13.1. The van der Waals surface area contributed by atoms with Gasteiger partial charge >= 0.3 is 0 Å². The molecule has 1 saturated heterocycles. The number of nitrogens with zero attached hydrogens (tertiary/aromatic N) is 1. The van der Waals surface area contributed by atoms with E-state index in [2.05, 4.69) is 29.6 Å². The summed E-state index contributed by atoms with van der Waals surface area (Å²) >= 11 is 7.07. The van der Waals surface area contributed by atoms with E-state index in [0.29, 0.717) is 33.8 Å². The zero-order valence-electron chi connectivity index (χ0n) is 18.2. The van der Waals surface area contributed by atoms with Crippen LogP contribution in [0.2, 0.25) is 5.02 Å². The molecule has 3 aromatic rings. The zero-order chi connectivity index (χ0) is 23.3. The van der Waals surface area contributed by atoms with Crippen molar-refractivity contribution in [2.45, 2.75) is 36.4 Å². The molecule has 0 aliphatic carbocycles. The average molecular weight is 503 g/mol. The molecule has 174 valence electrons. The highest BCUT2D eigenvalue weighted by Crippen LogP contribution is 2.30. The molecule has 2 aromatic carbocycles. The molecule has 1 aromatic heterocycles. The third kappa shape index (κ3) is 6.23. The van der Waals surface area contributed by atoms with Crippen LogP contribution in [0.4, 0.5) is 0 Å². The number of piperidine rings is 1. The van der Waals surface area contributed by atoms with Crippen molar-refractivity contribution < 1.29 is 13.2 Å². The number of halogens is 1. The number of amides is 1. The van der Waals surface area contributed by atoms with Gasteiger partial charge in [-0.3, -0.25) is 4.79 Å². The number of aryl methyl sites for hydroxylation is 1. The minimum Gasteiger partial charge on any atom is -0.347 e. The molecule has 0 saturated carbocycles. The third-order valence-electron chi connectivity index (χ3n) is 6.02. The normalized spacial score (nSPS) is 15.4. The Morgan fingerprint density at radius 2 is 1.70 bits per heavy atom. The molecule has 5 nitrogen and oxygen atoms in total. The summed E-state index contributed by atoms with van der Waals surface area (Å²) in [4.78, 5) is 13.1. The van der Waals surface area contributed by atoms with Crippen LogP contribution in [-0.2, 0) is 23.0 Å². The third-order valence-corrected chi connectivity index (χ3v) is 9.72. The van der Waals surface area contributed by atoms with Crippen molar-refractivity contribution in [2.75, 3.05) is 13.1 Å². The van der Waals surface area contributed by atoms with Crippen LogP contribution in [0.5, 0.6) is 0 Å². The highest BCUT2D eigenvalue weighted by Gasteiger charge is 2.30. The molecule has 33 heavy (non-hydrogen) atoms. The molecule has 0 bridgehead atoms. The second-order valence-electron chi connectivity index (χ2n) is 8.28. The smallest absolute Gasteiger partial charge is 0.252 e. The lowest BCUT2D eigenvalue weighted by atomic mass is 9.91. The van der Waals surface area contributed by atoms with Crippen LogP contribution in [-0.4, -0.2) is 31.7 Å². The summed E-state index contributed by atoms with van der Waals surface area (Å²) in [5.74, 6) is 0.334. The largest absolute Gasteiger partial charge is 0.347 e. The summed E-state index contributed by atoms with van der Waals surface area (Å²) in [5.41, 5.74) is 1.85. The lowest BCUT2D eigenvalue weighted by Crippen LogP contribution is -2.38. The fourth-order valence-corrected chi connectivity index (χ4v) is 7.09. The van der Waals surface area contributed by atoms with Gasteiger partial charge in [0.2, 0.25) is 0 Å². The van der Waals surface area contributed by atoms with E-state index in [-0.39, 0.29) is 12.5 Å². The van der Waals surface area contributed by atoms with Gasteiger partial charge in [-0.05, 0) is 73.6 Å². The van der Waals surface area contributed by atoms with Crippen LogP contribution in [0.25, 0.3) is 0 Å². The Bertz CT molecular complexity index is 1170. The molecule has 1 amide bonds. The van der Waals surface area contributed by atoms with Crippen LogP contribution in [0, 0.1) is 5.92 Å². The molecular weight excluding hydrogens is 476 g/mol. The second kappa shape index (κ2) is 10.8. The molecule has 4 rings (SSSR count).